The van der Waals surface area contributed by atoms with Crippen LogP contribution in [0.3, 0.4) is 0 Å². The zero-order valence-corrected chi connectivity index (χ0v) is 12.5. The number of aryl methyl sites for hydroxylation is 1. The van der Waals surface area contributed by atoms with Gasteiger partial charge in [0.25, 0.3) is 5.56 Å². The summed E-state index contributed by atoms with van der Waals surface area (Å²) in [5.74, 6) is 0.677. The molecule has 0 saturated heterocycles. The fourth-order valence-corrected chi connectivity index (χ4v) is 2.12. The lowest BCUT2D eigenvalue weighted by molar-refractivity contribution is 0.359. The summed E-state index contributed by atoms with van der Waals surface area (Å²) < 4.78 is 20.0. The second-order valence-electron chi connectivity index (χ2n) is 5.50. The lowest BCUT2D eigenvalue weighted by Gasteiger charge is -2.05. The normalized spacial score (nSPS) is 11.5. The third kappa shape index (κ3) is 2.49. The maximum Gasteiger partial charge on any atom is 0.261 e. The van der Waals surface area contributed by atoms with E-state index in [-0.39, 0.29) is 23.8 Å². The highest BCUT2D eigenvalue weighted by Crippen LogP contribution is 2.14. The van der Waals surface area contributed by atoms with Crippen LogP contribution in [0.2, 0.25) is 0 Å². The number of rotatable bonds is 3. The molecule has 0 N–H and O–H groups in total. The molecule has 0 saturated carbocycles. The third-order valence-corrected chi connectivity index (χ3v) is 3.39. The molecule has 22 heavy (non-hydrogen) atoms. The van der Waals surface area contributed by atoms with Gasteiger partial charge in [-0.05, 0) is 18.6 Å². The third-order valence-electron chi connectivity index (χ3n) is 3.39. The van der Waals surface area contributed by atoms with Crippen LogP contribution in [-0.2, 0) is 6.54 Å². The van der Waals surface area contributed by atoms with E-state index in [2.05, 4.69) is 15.1 Å². The van der Waals surface area contributed by atoms with Gasteiger partial charge in [-0.3, -0.25) is 9.36 Å². The molecule has 0 atom stereocenters. The van der Waals surface area contributed by atoms with E-state index in [1.165, 1.54) is 23.0 Å². The molecule has 1 aromatic carbocycles. The molecule has 114 valence electrons. The molecular formula is C15H15FN4O2. The molecule has 2 aromatic heterocycles. The zero-order chi connectivity index (χ0) is 15.9. The average molecular weight is 302 g/mol. The molecule has 0 fully saturated rings. The van der Waals surface area contributed by atoms with E-state index in [1.807, 2.05) is 13.8 Å². The summed E-state index contributed by atoms with van der Waals surface area (Å²) in [4.78, 5) is 20.8. The fourth-order valence-electron chi connectivity index (χ4n) is 2.12. The summed E-state index contributed by atoms with van der Waals surface area (Å²) in [7, 11) is 0. The maximum absolute atomic E-state index is 13.5. The Hall–Kier alpha value is -2.57. The average Bonchev–Trinajstić information content (AvgIpc) is 2.93. The number of halogens is 1. The van der Waals surface area contributed by atoms with Crippen molar-refractivity contribution in [2.45, 2.75) is 33.2 Å². The molecule has 3 aromatic rings. The van der Waals surface area contributed by atoms with Crippen LogP contribution in [0, 0.1) is 12.7 Å². The van der Waals surface area contributed by atoms with E-state index in [0.29, 0.717) is 28.2 Å². The molecule has 0 radical (unpaired) electrons. The number of hydrogen-bond acceptors (Lipinski definition) is 5. The largest absolute Gasteiger partial charge is 0.339 e. The van der Waals surface area contributed by atoms with Gasteiger partial charge in [-0.15, -0.1) is 0 Å². The van der Waals surface area contributed by atoms with Gasteiger partial charge >= 0.3 is 0 Å². The van der Waals surface area contributed by atoms with Crippen LogP contribution >= 0.6 is 0 Å². The summed E-state index contributed by atoms with van der Waals surface area (Å²) in [6, 6.07) is 2.77. The van der Waals surface area contributed by atoms with Gasteiger partial charge in [-0.25, -0.2) is 9.37 Å². The minimum Gasteiger partial charge on any atom is -0.339 e. The first kappa shape index (κ1) is 14.4. The number of benzene rings is 1. The minimum atomic E-state index is -0.378. The first-order chi connectivity index (χ1) is 10.5. The van der Waals surface area contributed by atoms with Gasteiger partial charge in [0, 0.05) is 12.0 Å². The lowest BCUT2D eigenvalue weighted by Crippen LogP contribution is -2.22. The van der Waals surface area contributed by atoms with Crippen molar-refractivity contribution in [3.8, 4) is 0 Å². The number of fused-ring (bicyclic) bond motifs is 1. The number of nitrogens with zero attached hydrogens (tertiary/aromatic N) is 4. The van der Waals surface area contributed by atoms with Gasteiger partial charge < -0.3 is 4.52 Å². The Morgan fingerprint density at radius 2 is 2.14 bits per heavy atom. The number of hydrogen-bond donors (Lipinski definition) is 0. The monoisotopic (exact) mass is 302 g/mol. The van der Waals surface area contributed by atoms with Crippen molar-refractivity contribution >= 4 is 10.9 Å². The predicted molar refractivity (Wildman–Crippen MR) is 78.2 cm³/mol. The van der Waals surface area contributed by atoms with Crippen molar-refractivity contribution < 1.29 is 8.91 Å². The van der Waals surface area contributed by atoms with Crippen molar-refractivity contribution in [1.29, 1.82) is 0 Å². The summed E-state index contributed by atoms with van der Waals surface area (Å²) in [5.41, 5.74) is 0.482. The Morgan fingerprint density at radius 3 is 2.82 bits per heavy atom. The molecule has 0 aliphatic carbocycles. The van der Waals surface area contributed by atoms with Crippen LogP contribution in [0.15, 0.2) is 27.8 Å². The fraction of sp³-hybridized carbons (Fsp3) is 0.333. The second kappa shape index (κ2) is 5.32. The SMILES string of the molecule is Cc1cc2c(=O)n(Cc3noc(C(C)C)n3)cnc2cc1F. The quantitative estimate of drug-likeness (QED) is 0.742. The summed E-state index contributed by atoms with van der Waals surface area (Å²) in [6.45, 7) is 5.66. The van der Waals surface area contributed by atoms with Crippen LogP contribution in [0.5, 0.6) is 0 Å². The highest BCUT2D eigenvalue weighted by molar-refractivity contribution is 5.78. The second-order valence-corrected chi connectivity index (χ2v) is 5.50. The Labute approximate surface area is 125 Å². The Kier molecular flexibility index (Phi) is 3.48. The van der Waals surface area contributed by atoms with Gasteiger partial charge in [-0.1, -0.05) is 19.0 Å². The Bertz CT molecular complexity index is 898. The van der Waals surface area contributed by atoms with Crippen molar-refractivity contribution in [3.05, 3.63) is 51.9 Å². The predicted octanol–water partition coefficient (Wildman–Crippen LogP) is 2.40. The zero-order valence-electron chi connectivity index (χ0n) is 12.5. The molecule has 0 aliphatic rings. The molecule has 0 spiro atoms. The maximum atomic E-state index is 13.5. The van der Waals surface area contributed by atoms with Crippen molar-refractivity contribution in [1.82, 2.24) is 19.7 Å². The molecular weight excluding hydrogens is 287 g/mol. The van der Waals surface area contributed by atoms with E-state index < -0.39 is 0 Å². The standard InChI is InChI=1S/C15H15FN4O2/c1-8(2)14-18-13(19-22-14)6-20-7-17-12-5-11(16)9(3)4-10(12)15(20)21/h4-5,7-8H,6H2,1-3H3. The molecule has 3 rings (SSSR count). The smallest absolute Gasteiger partial charge is 0.261 e. The summed E-state index contributed by atoms with van der Waals surface area (Å²) in [6.07, 6.45) is 1.37. The van der Waals surface area contributed by atoms with Crippen LogP contribution in [0.1, 0.15) is 37.0 Å². The van der Waals surface area contributed by atoms with Crippen LogP contribution in [0.4, 0.5) is 4.39 Å². The molecule has 7 heteroatoms. The molecule has 0 amide bonds. The van der Waals surface area contributed by atoms with Gasteiger partial charge in [-0.2, -0.15) is 4.98 Å². The van der Waals surface area contributed by atoms with E-state index in [4.69, 9.17) is 4.52 Å². The highest BCUT2D eigenvalue weighted by atomic mass is 19.1. The van der Waals surface area contributed by atoms with Crippen molar-refractivity contribution in [3.63, 3.8) is 0 Å². The highest BCUT2D eigenvalue weighted by Gasteiger charge is 2.12. The first-order valence-corrected chi connectivity index (χ1v) is 6.93. The lowest BCUT2D eigenvalue weighted by atomic mass is 10.1. The van der Waals surface area contributed by atoms with Crippen LogP contribution < -0.4 is 5.56 Å². The molecule has 2 heterocycles. The molecule has 0 bridgehead atoms. The number of aromatic nitrogens is 4. The van der Waals surface area contributed by atoms with Gasteiger partial charge in [0.15, 0.2) is 5.82 Å². The minimum absolute atomic E-state index is 0.123. The van der Waals surface area contributed by atoms with Crippen LogP contribution in [-0.4, -0.2) is 19.7 Å². The van der Waals surface area contributed by atoms with Crippen molar-refractivity contribution in [2.75, 3.05) is 0 Å². The summed E-state index contributed by atoms with van der Waals surface area (Å²) >= 11 is 0. The Morgan fingerprint density at radius 1 is 1.36 bits per heavy atom. The Balaban J connectivity index is 2.02. The van der Waals surface area contributed by atoms with Crippen LogP contribution in [0.25, 0.3) is 10.9 Å². The first-order valence-electron chi connectivity index (χ1n) is 6.93. The van der Waals surface area contributed by atoms with E-state index in [9.17, 15) is 9.18 Å². The van der Waals surface area contributed by atoms with Crippen molar-refractivity contribution in [2.24, 2.45) is 0 Å². The van der Waals surface area contributed by atoms with Gasteiger partial charge in [0.2, 0.25) is 5.89 Å². The molecule has 6 nitrogen and oxygen atoms in total. The van der Waals surface area contributed by atoms with E-state index >= 15 is 0 Å². The molecule has 0 unspecified atom stereocenters. The van der Waals surface area contributed by atoms with Gasteiger partial charge in [0.05, 0.1) is 23.8 Å². The van der Waals surface area contributed by atoms with E-state index in [0.717, 1.165) is 0 Å². The summed E-state index contributed by atoms with van der Waals surface area (Å²) in [5, 5.41) is 4.22. The van der Waals surface area contributed by atoms with Gasteiger partial charge in [0.1, 0.15) is 5.82 Å². The van der Waals surface area contributed by atoms with E-state index in [1.54, 1.807) is 6.92 Å². The topological polar surface area (TPSA) is 73.8 Å². The molecule has 0 aliphatic heterocycles.